The van der Waals surface area contributed by atoms with Gasteiger partial charge in [-0.2, -0.15) is 0 Å². The molecule has 1 aromatic carbocycles. The van der Waals surface area contributed by atoms with Crippen LogP contribution < -0.4 is 43.4 Å². The molecular weight excluding hydrogens is 1070 g/mol. The number of aliphatic carboxylic acids is 2. The van der Waals surface area contributed by atoms with E-state index in [9.17, 15) is 48.6 Å². The molecule has 1 saturated heterocycles. The van der Waals surface area contributed by atoms with Crippen molar-refractivity contribution >= 4 is 110 Å². The molecule has 0 unspecified atom stereocenters. The molecule has 4 aromatic rings. The van der Waals surface area contributed by atoms with Gasteiger partial charge in [-0.25, -0.2) is 9.97 Å². The fourth-order valence-electron chi connectivity index (χ4n) is 10.4. The highest BCUT2D eigenvalue weighted by Gasteiger charge is 2.33. The van der Waals surface area contributed by atoms with Crippen molar-refractivity contribution in [3.8, 4) is 0 Å². The topological polar surface area (TPSA) is 371 Å². The normalized spacial score (nSPS) is 17.8. The maximum absolute atomic E-state index is 14.3. The first-order valence-electron chi connectivity index (χ1n) is 27.8. The van der Waals surface area contributed by atoms with Crippen molar-refractivity contribution in [1.82, 2.24) is 51.8 Å². The summed E-state index contributed by atoms with van der Waals surface area (Å²) in [6.07, 6.45) is 3.97. The standard InChI is InChI=1S/C61H73N13O10/c1-7-37-32(3)43-26-44-34(5)39(49(69-44)29-50-40(20-22-55(77)78)35(6)46(70-50)28-48-38(8-2)33(4)45(68-48)27-47(37)67-43)19-21-53(75)64-23-13-12-17-42-58(82)72-41(18-14-24-65-61(62)63)57(81)66-31-54(76)71-52(30-56(79)80)60(84)74-51(59(83)73-42)25-36-15-10-9-11-16-36/h7-11,15-16,26-29,41-42,51-52,67-68H,1-2,12-14,17-25,30-31H2,3-6H3,(H,64,75)(H,66,81)(H,71,76)(H,72,82)(H,73,83)(H,74,84)(H,77,78)(H,79,80)(H4,62,63,65)/t41-,42-,51-,52-/m0/s1. The number of amides is 6. The third kappa shape index (κ3) is 15.9. The number of carboxylic acids is 2. The first-order chi connectivity index (χ1) is 40.1. The van der Waals surface area contributed by atoms with Gasteiger partial charge in [-0.15, -0.1) is 0 Å². The van der Waals surface area contributed by atoms with Gasteiger partial charge < -0.3 is 63.5 Å². The van der Waals surface area contributed by atoms with Crippen LogP contribution in [0.3, 0.4) is 0 Å². The maximum Gasteiger partial charge on any atom is 0.305 e. The second kappa shape index (κ2) is 28.3. The van der Waals surface area contributed by atoms with Crippen LogP contribution in [0.5, 0.6) is 0 Å². The van der Waals surface area contributed by atoms with Crippen LogP contribution in [0.25, 0.3) is 56.5 Å². The first kappa shape index (κ1) is 61.9. The summed E-state index contributed by atoms with van der Waals surface area (Å²) in [5, 5.41) is 35.2. The summed E-state index contributed by atoms with van der Waals surface area (Å²) in [6.45, 7) is 15.7. The Morgan fingerprint density at radius 2 is 1.18 bits per heavy atom. The summed E-state index contributed by atoms with van der Waals surface area (Å²) in [4.78, 5) is 128. The van der Waals surface area contributed by atoms with E-state index in [1.165, 1.54) is 0 Å². The lowest BCUT2D eigenvalue weighted by Crippen LogP contribution is -2.58. The number of allylic oxidation sites excluding steroid dienone is 4. The number of guanidine groups is 1. The summed E-state index contributed by atoms with van der Waals surface area (Å²) in [7, 11) is 0. The number of unbranched alkanes of at least 4 members (excludes halogenated alkanes) is 1. The Hall–Kier alpha value is -9.67. The smallest absolute Gasteiger partial charge is 0.305 e. The number of hydrogen-bond acceptors (Lipinski definition) is 11. The molecular formula is C61H73N13O10. The molecule has 0 spiro atoms. The van der Waals surface area contributed by atoms with Gasteiger partial charge in [0.15, 0.2) is 5.96 Å². The summed E-state index contributed by atoms with van der Waals surface area (Å²) >= 11 is 0. The SMILES string of the molecule is C=Cc1c(C)c2cc3[nH]c(cc4nc(cc5nc(cc1[nH]2)C(C)=C5CCC(=O)O)C(CCC(=O)NCCCC[C@@H]1NC(=O)[C@H](Cc2ccccc2)NC(=O)[C@H](CC(=O)O)NC(=O)CNC(=O)[C@H](CCCN=C(N)N)NC1=O)=C4C)c(C)c3C=C. The Morgan fingerprint density at radius 3 is 1.77 bits per heavy atom. The highest BCUT2D eigenvalue weighted by atomic mass is 16.4. The predicted molar refractivity (Wildman–Crippen MR) is 322 cm³/mol. The van der Waals surface area contributed by atoms with E-state index in [0.29, 0.717) is 34.8 Å². The van der Waals surface area contributed by atoms with E-state index >= 15 is 0 Å². The maximum atomic E-state index is 14.3. The van der Waals surface area contributed by atoms with Crippen molar-refractivity contribution in [3.05, 3.63) is 118 Å². The minimum absolute atomic E-state index is 0.00670. The number of aromatic amines is 2. The lowest BCUT2D eigenvalue weighted by molar-refractivity contribution is -0.141. The molecule has 3 aliphatic heterocycles. The zero-order chi connectivity index (χ0) is 60.8. The molecule has 0 saturated carbocycles. The monoisotopic (exact) mass is 1150 g/mol. The number of nitrogens with zero attached hydrogens (tertiary/aromatic N) is 3. The van der Waals surface area contributed by atoms with E-state index in [4.69, 9.17) is 21.4 Å². The number of carbonyl (C=O) groups excluding carboxylic acids is 6. The van der Waals surface area contributed by atoms with Crippen LogP contribution in [0.1, 0.15) is 129 Å². The Kier molecular flexibility index (Phi) is 20.9. The van der Waals surface area contributed by atoms with E-state index in [-0.39, 0.29) is 82.7 Å². The number of fused-ring (bicyclic) bond motifs is 8. The molecule has 1 fully saturated rings. The molecule has 0 aliphatic carbocycles. The number of rotatable bonds is 21. The van der Waals surface area contributed by atoms with Gasteiger partial charge in [0.1, 0.15) is 24.2 Å². The Bertz CT molecular complexity index is 3540. The zero-order valence-corrected chi connectivity index (χ0v) is 47.6. The number of aromatic nitrogens is 4. The molecule has 0 radical (unpaired) electrons. The summed E-state index contributed by atoms with van der Waals surface area (Å²) in [5.41, 5.74) is 24.3. The fourth-order valence-corrected chi connectivity index (χ4v) is 10.4. The molecule has 14 N–H and O–H groups in total. The number of aliphatic imine (C=N–C) groups is 1. The van der Waals surface area contributed by atoms with Gasteiger partial charge in [0.05, 0.1) is 35.7 Å². The van der Waals surface area contributed by atoms with Gasteiger partial charge in [-0.1, -0.05) is 55.6 Å². The molecule has 442 valence electrons. The van der Waals surface area contributed by atoms with Crippen molar-refractivity contribution in [2.24, 2.45) is 16.5 Å². The minimum atomic E-state index is -1.64. The second-order valence-corrected chi connectivity index (χ2v) is 20.9. The Labute approximate surface area is 485 Å². The molecule has 8 bridgehead atoms. The lowest BCUT2D eigenvalue weighted by atomic mass is 9.98. The molecule has 7 rings (SSSR count). The molecule has 23 nitrogen and oxygen atoms in total. The Morgan fingerprint density at radius 1 is 0.643 bits per heavy atom. The van der Waals surface area contributed by atoms with Crippen molar-refractivity contribution in [2.45, 2.75) is 122 Å². The van der Waals surface area contributed by atoms with E-state index in [2.05, 4.69) is 60.0 Å². The molecule has 6 amide bonds. The second-order valence-electron chi connectivity index (χ2n) is 20.9. The van der Waals surface area contributed by atoms with Gasteiger partial charge in [0.25, 0.3) is 0 Å². The molecule has 3 aliphatic rings. The molecule has 4 atom stereocenters. The minimum Gasteiger partial charge on any atom is -0.481 e. The third-order valence-electron chi connectivity index (χ3n) is 15.1. The zero-order valence-electron chi connectivity index (χ0n) is 47.6. The van der Waals surface area contributed by atoms with Crippen LogP contribution in [0.2, 0.25) is 0 Å². The van der Waals surface area contributed by atoms with Crippen molar-refractivity contribution in [2.75, 3.05) is 19.6 Å². The van der Waals surface area contributed by atoms with Crippen molar-refractivity contribution in [3.63, 3.8) is 0 Å². The third-order valence-corrected chi connectivity index (χ3v) is 15.1. The van der Waals surface area contributed by atoms with Crippen LogP contribution >= 0.6 is 0 Å². The van der Waals surface area contributed by atoms with E-state index in [0.717, 1.165) is 66.6 Å². The largest absolute Gasteiger partial charge is 0.481 e. The van der Waals surface area contributed by atoms with E-state index in [1.54, 1.807) is 36.4 Å². The summed E-state index contributed by atoms with van der Waals surface area (Å²) in [5.74, 6) is -7.03. The van der Waals surface area contributed by atoms with Crippen LogP contribution in [0, 0.1) is 13.8 Å². The number of carboxylic acid groups (broad SMARTS) is 2. The van der Waals surface area contributed by atoms with Gasteiger partial charge in [0.2, 0.25) is 35.4 Å². The molecule has 3 aromatic heterocycles. The average Bonchev–Trinajstić information content (AvgIpc) is 2.85. The van der Waals surface area contributed by atoms with E-state index < -0.39 is 78.6 Å². The molecule has 84 heavy (non-hydrogen) atoms. The van der Waals surface area contributed by atoms with Gasteiger partial charge in [-0.05, 0) is 136 Å². The van der Waals surface area contributed by atoms with Gasteiger partial charge >= 0.3 is 11.9 Å². The predicted octanol–water partition coefficient (Wildman–Crippen LogP) is 4.85. The number of benzene rings is 1. The van der Waals surface area contributed by atoms with Crippen molar-refractivity contribution < 1.29 is 48.6 Å². The van der Waals surface area contributed by atoms with Crippen LogP contribution in [-0.2, 0) is 44.8 Å². The molecule has 6 heterocycles. The number of H-pyrrole nitrogens is 2. The average molecular weight is 1150 g/mol. The summed E-state index contributed by atoms with van der Waals surface area (Å²) < 4.78 is 0. The van der Waals surface area contributed by atoms with Crippen LogP contribution in [0.15, 0.2) is 72.7 Å². The highest BCUT2D eigenvalue weighted by molar-refractivity contribution is 6.00. The number of carbonyl (C=O) groups is 8. The Balaban J connectivity index is 1.12. The van der Waals surface area contributed by atoms with Gasteiger partial charge in [-0.3, -0.25) is 43.3 Å². The first-order valence-corrected chi connectivity index (χ1v) is 27.8. The van der Waals surface area contributed by atoms with Gasteiger partial charge in [0, 0.05) is 65.5 Å². The number of aryl methyl sites for hydroxylation is 2. The lowest BCUT2D eigenvalue weighted by Gasteiger charge is -2.26. The highest BCUT2D eigenvalue weighted by Crippen LogP contribution is 2.38. The van der Waals surface area contributed by atoms with Crippen LogP contribution in [-0.4, -0.2) is 127 Å². The number of nitrogens with one attached hydrogen (secondary N) is 8. The quantitative estimate of drug-likeness (QED) is 0.0302. The van der Waals surface area contributed by atoms with E-state index in [1.807, 2.05) is 58.0 Å². The van der Waals surface area contributed by atoms with Crippen LogP contribution in [0.4, 0.5) is 0 Å². The van der Waals surface area contributed by atoms with Crippen molar-refractivity contribution in [1.29, 1.82) is 0 Å². The summed E-state index contributed by atoms with van der Waals surface area (Å²) in [6, 6.07) is 10.9. The number of nitrogens with two attached hydrogens (primary N) is 2. The fraction of sp³-hybridized carbons (Fsp3) is 0.361. The molecule has 23 heteroatoms. The number of hydrogen-bond donors (Lipinski definition) is 12.